The number of hydrogen-bond acceptors (Lipinski definition) is 3. The Hall–Kier alpha value is -0.830. The van der Waals surface area contributed by atoms with Crippen LogP contribution in [0, 0.1) is 0 Å². The summed E-state index contributed by atoms with van der Waals surface area (Å²) >= 11 is 0. The molecule has 3 heteroatoms. The SMILES string of the molecule is CC(=O)O[C@@H]1CCCN([C@H]2C=CCCC2)C1. The van der Waals surface area contributed by atoms with Gasteiger partial charge in [-0.3, -0.25) is 9.69 Å². The van der Waals surface area contributed by atoms with Crippen molar-refractivity contribution in [2.45, 2.75) is 51.2 Å². The number of ether oxygens (including phenoxy) is 1. The Labute approximate surface area is 97.5 Å². The van der Waals surface area contributed by atoms with Crippen LogP contribution in [0.15, 0.2) is 12.2 Å². The topological polar surface area (TPSA) is 29.5 Å². The molecule has 1 saturated heterocycles. The minimum atomic E-state index is -0.147. The van der Waals surface area contributed by atoms with E-state index in [1.807, 2.05) is 0 Å². The molecule has 1 heterocycles. The molecule has 0 unspecified atom stereocenters. The Balaban J connectivity index is 1.88. The van der Waals surface area contributed by atoms with Gasteiger partial charge in [0, 0.05) is 19.5 Å². The third-order valence-corrected chi connectivity index (χ3v) is 3.44. The van der Waals surface area contributed by atoms with E-state index >= 15 is 0 Å². The average Bonchev–Trinajstić information content (AvgIpc) is 2.30. The molecule has 16 heavy (non-hydrogen) atoms. The van der Waals surface area contributed by atoms with Gasteiger partial charge in [0.1, 0.15) is 6.10 Å². The molecular formula is C13H21NO2. The number of carbonyl (C=O) groups is 1. The summed E-state index contributed by atoms with van der Waals surface area (Å²) in [6, 6.07) is 0.576. The first-order chi connectivity index (χ1) is 7.75. The first-order valence-corrected chi connectivity index (χ1v) is 6.33. The van der Waals surface area contributed by atoms with Gasteiger partial charge in [0.25, 0.3) is 0 Å². The first-order valence-electron chi connectivity index (χ1n) is 6.33. The summed E-state index contributed by atoms with van der Waals surface area (Å²) in [5.74, 6) is -0.147. The lowest BCUT2D eigenvalue weighted by molar-refractivity contribution is -0.149. The van der Waals surface area contributed by atoms with Crippen LogP contribution in [0.25, 0.3) is 0 Å². The van der Waals surface area contributed by atoms with Gasteiger partial charge in [0.2, 0.25) is 0 Å². The van der Waals surface area contributed by atoms with Gasteiger partial charge in [-0.1, -0.05) is 12.2 Å². The summed E-state index contributed by atoms with van der Waals surface area (Å²) in [6.45, 7) is 3.56. The molecule has 1 fully saturated rings. The highest BCUT2D eigenvalue weighted by Gasteiger charge is 2.26. The van der Waals surface area contributed by atoms with Crippen LogP contribution in [-0.4, -0.2) is 36.1 Å². The van der Waals surface area contributed by atoms with E-state index in [9.17, 15) is 4.79 Å². The highest BCUT2D eigenvalue weighted by Crippen LogP contribution is 2.22. The van der Waals surface area contributed by atoms with E-state index < -0.39 is 0 Å². The fraction of sp³-hybridized carbons (Fsp3) is 0.769. The largest absolute Gasteiger partial charge is 0.461 e. The summed E-state index contributed by atoms with van der Waals surface area (Å²) in [5, 5.41) is 0. The lowest BCUT2D eigenvalue weighted by Gasteiger charge is -2.37. The smallest absolute Gasteiger partial charge is 0.302 e. The van der Waals surface area contributed by atoms with E-state index in [4.69, 9.17) is 4.74 Å². The van der Waals surface area contributed by atoms with Gasteiger partial charge in [-0.25, -0.2) is 0 Å². The van der Waals surface area contributed by atoms with Crippen molar-refractivity contribution in [3.05, 3.63) is 12.2 Å². The summed E-state index contributed by atoms with van der Waals surface area (Å²) in [5.41, 5.74) is 0. The zero-order valence-electron chi connectivity index (χ0n) is 10.0. The Bertz CT molecular complexity index is 275. The maximum Gasteiger partial charge on any atom is 0.302 e. The highest BCUT2D eigenvalue weighted by atomic mass is 16.5. The molecule has 2 aliphatic rings. The average molecular weight is 223 g/mol. The molecule has 90 valence electrons. The lowest BCUT2D eigenvalue weighted by Crippen LogP contribution is -2.45. The van der Waals surface area contributed by atoms with Gasteiger partial charge in [0.05, 0.1) is 0 Å². The number of nitrogens with zero attached hydrogens (tertiary/aromatic N) is 1. The molecule has 3 nitrogen and oxygen atoms in total. The second kappa shape index (κ2) is 5.48. The quantitative estimate of drug-likeness (QED) is 0.530. The van der Waals surface area contributed by atoms with Crippen LogP contribution in [0.5, 0.6) is 0 Å². The fourth-order valence-electron chi connectivity index (χ4n) is 2.70. The van der Waals surface area contributed by atoms with Crippen molar-refractivity contribution in [3.63, 3.8) is 0 Å². The van der Waals surface area contributed by atoms with Crippen molar-refractivity contribution in [1.82, 2.24) is 4.90 Å². The number of allylic oxidation sites excluding steroid dienone is 1. The van der Waals surface area contributed by atoms with E-state index in [-0.39, 0.29) is 12.1 Å². The zero-order chi connectivity index (χ0) is 11.4. The summed E-state index contributed by atoms with van der Waals surface area (Å²) in [6.07, 6.45) is 10.6. The minimum Gasteiger partial charge on any atom is -0.461 e. The predicted molar refractivity (Wildman–Crippen MR) is 63.1 cm³/mol. The third-order valence-electron chi connectivity index (χ3n) is 3.44. The van der Waals surface area contributed by atoms with Crippen LogP contribution in [-0.2, 0) is 9.53 Å². The molecule has 2 atom stereocenters. The van der Waals surface area contributed by atoms with Crippen LogP contribution < -0.4 is 0 Å². The van der Waals surface area contributed by atoms with Crippen LogP contribution in [0.4, 0.5) is 0 Å². The molecule has 0 saturated carbocycles. The van der Waals surface area contributed by atoms with E-state index in [1.165, 1.54) is 26.2 Å². The van der Waals surface area contributed by atoms with E-state index in [0.29, 0.717) is 6.04 Å². The van der Waals surface area contributed by atoms with Crippen LogP contribution in [0.1, 0.15) is 39.0 Å². The monoisotopic (exact) mass is 223 g/mol. The minimum absolute atomic E-state index is 0.113. The standard InChI is InChI=1S/C13H21NO2/c1-11(15)16-13-8-5-9-14(10-13)12-6-3-2-4-7-12/h3,6,12-13H,2,4-5,7-10H2,1H3/t12-,13+/m0/s1. The predicted octanol–water partition coefficient (Wildman–Crippen LogP) is 2.12. The van der Waals surface area contributed by atoms with E-state index in [2.05, 4.69) is 17.1 Å². The molecule has 0 spiro atoms. The molecule has 0 amide bonds. The van der Waals surface area contributed by atoms with Gasteiger partial charge >= 0.3 is 5.97 Å². The van der Waals surface area contributed by atoms with Crippen LogP contribution in [0.2, 0.25) is 0 Å². The number of esters is 1. The van der Waals surface area contributed by atoms with Crippen molar-refractivity contribution in [3.8, 4) is 0 Å². The summed E-state index contributed by atoms with van der Waals surface area (Å²) in [4.78, 5) is 13.4. The van der Waals surface area contributed by atoms with Crippen molar-refractivity contribution < 1.29 is 9.53 Å². The van der Waals surface area contributed by atoms with Gasteiger partial charge in [-0.2, -0.15) is 0 Å². The van der Waals surface area contributed by atoms with Crippen molar-refractivity contribution >= 4 is 5.97 Å². The number of likely N-dealkylation sites (tertiary alicyclic amines) is 1. The van der Waals surface area contributed by atoms with Gasteiger partial charge < -0.3 is 4.74 Å². The van der Waals surface area contributed by atoms with Crippen LogP contribution >= 0.6 is 0 Å². The maximum atomic E-state index is 10.9. The summed E-state index contributed by atoms with van der Waals surface area (Å²) in [7, 11) is 0. The second-order valence-electron chi connectivity index (χ2n) is 4.80. The normalized spacial score (nSPS) is 31.3. The van der Waals surface area contributed by atoms with E-state index in [1.54, 1.807) is 0 Å². The second-order valence-corrected chi connectivity index (χ2v) is 4.80. The molecule has 0 aromatic heterocycles. The number of piperidine rings is 1. The molecule has 0 aromatic carbocycles. The molecule has 1 aliphatic heterocycles. The number of rotatable bonds is 2. The van der Waals surface area contributed by atoms with Gasteiger partial charge in [-0.05, 0) is 38.6 Å². The zero-order valence-corrected chi connectivity index (χ0v) is 10.0. The Morgan fingerprint density at radius 2 is 2.25 bits per heavy atom. The van der Waals surface area contributed by atoms with Gasteiger partial charge in [-0.15, -0.1) is 0 Å². The fourth-order valence-corrected chi connectivity index (χ4v) is 2.70. The van der Waals surface area contributed by atoms with Gasteiger partial charge in [0.15, 0.2) is 0 Å². The lowest BCUT2D eigenvalue weighted by atomic mass is 9.98. The van der Waals surface area contributed by atoms with Crippen molar-refractivity contribution in [2.24, 2.45) is 0 Å². The Kier molecular flexibility index (Phi) is 3.99. The molecule has 2 rings (SSSR count). The highest BCUT2D eigenvalue weighted by molar-refractivity contribution is 5.66. The van der Waals surface area contributed by atoms with Crippen LogP contribution in [0.3, 0.4) is 0 Å². The number of hydrogen-bond donors (Lipinski definition) is 0. The molecule has 1 aliphatic carbocycles. The first kappa shape index (κ1) is 11.6. The maximum absolute atomic E-state index is 10.9. The summed E-state index contributed by atoms with van der Waals surface area (Å²) < 4.78 is 5.31. The van der Waals surface area contributed by atoms with E-state index in [0.717, 1.165) is 25.9 Å². The van der Waals surface area contributed by atoms with Crippen molar-refractivity contribution in [2.75, 3.05) is 13.1 Å². The molecule has 0 N–H and O–H groups in total. The third kappa shape index (κ3) is 3.08. The molecule has 0 radical (unpaired) electrons. The Morgan fingerprint density at radius 3 is 2.94 bits per heavy atom. The molecule has 0 bridgehead atoms. The number of carbonyl (C=O) groups excluding carboxylic acids is 1. The molecule has 0 aromatic rings. The molecular weight excluding hydrogens is 202 g/mol. The van der Waals surface area contributed by atoms with Crippen molar-refractivity contribution in [1.29, 1.82) is 0 Å². The Morgan fingerprint density at radius 1 is 1.38 bits per heavy atom.